The first kappa shape index (κ1) is 16.1. The molecular formula is C14H17F2NO3. The minimum Gasteiger partial charge on any atom is -0.468 e. The van der Waals surface area contributed by atoms with Gasteiger partial charge in [-0.15, -0.1) is 0 Å². The Balaban J connectivity index is 2.82. The zero-order valence-corrected chi connectivity index (χ0v) is 11.5. The van der Waals surface area contributed by atoms with Crippen LogP contribution in [-0.4, -0.2) is 37.0 Å². The second-order valence-electron chi connectivity index (χ2n) is 4.27. The lowest BCUT2D eigenvalue weighted by atomic mass is 10.1. The highest BCUT2D eigenvalue weighted by Gasteiger charge is 2.20. The highest BCUT2D eigenvalue weighted by atomic mass is 19.1. The molecule has 0 saturated heterocycles. The summed E-state index contributed by atoms with van der Waals surface area (Å²) in [6, 6.07) is 3.42. The minimum absolute atomic E-state index is 0.223. The van der Waals surface area contributed by atoms with E-state index < -0.39 is 29.9 Å². The van der Waals surface area contributed by atoms with Gasteiger partial charge in [0.25, 0.3) is 0 Å². The third kappa shape index (κ3) is 4.29. The predicted molar refractivity (Wildman–Crippen MR) is 68.9 cm³/mol. The number of carbonyl (C=O) groups is 2. The summed E-state index contributed by atoms with van der Waals surface area (Å²) in [5.41, 5.74) is -0.288. The largest absolute Gasteiger partial charge is 0.468 e. The Morgan fingerprint density at radius 3 is 2.35 bits per heavy atom. The maximum atomic E-state index is 13.5. The molecule has 0 atom stereocenters. The normalized spacial score (nSPS) is 10.2. The van der Waals surface area contributed by atoms with Gasteiger partial charge in [-0.05, 0) is 18.6 Å². The zero-order chi connectivity index (χ0) is 15.1. The fourth-order valence-electron chi connectivity index (χ4n) is 1.75. The van der Waals surface area contributed by atoms with E-state index in [2.05, 4.69) is 4.74 Å². The first-order chi connectivity index (χ1) is 9.49. The molecule has 0 bridgehead atoms. The number of benzene rings is 1. The summed E-state index contributed by atoms with van der Waals surface area (Å²) < 4.78 is 31.5. The summed E-state index contributed by atoms with van der Waals surface area (Å²) >= 11 is 0. The van der Waals surface area contributed by atoms with Crippen LogP contribution in [0.25, 0.3) is 0 Å². The Hall–Kier alpha value is -1.98. The molecule has 0 aromatic heterocycles. The van der Waals surface area contributed by atoms with Gasteiger partial charge in [-0.25, -0.2) is 8.78 Å². The van der Waals surface area contributed by atoms with Crippen LogP contribution in [0.15, 0.2) is 18.2 Å². The molecule has 0 unspecified atom stereocenters. The molecule has 4 nitrogen and oxygen atoms in total. The molecule has 1 rings (SSSR count). The Morgan fingerprint density at radius 1 is 1.25 bits per heavy atom. The van der Waals surface area contributed by atoms with Crippen molar-refractivity contribution in [3.8, 4) is 0 Å². The second kappa shape index (κ2) is 7.57. The van der Waals surface area contributed by atoms with Gasteiger partial charge in [0.05, 0.1) is 13.5 Å². The number of ether oxygens (including phenoxy) is 1. The van der Waals surface area contributed by atoms with Crippen LogP contribution in [0.2, 0.25) is 0 Å². The third-order valence-electron chi connectivity index (χ3n) is 2.78. The molecule has 0 heterocycles. The first-order valence-electron chi connectivity index (χ1n) is 6.27. The van der Waals surface area contributed by atoms with E-state index in [4.69, 9.17) is 0 Å². The van der Waals surface area contributed by atoms with Crippen molar-refractivity contribution in [2.75, 3.05) is 20.2 Å². The van der Waals surface area contributed by atoms with Crippen molar-refractivity contribution in [2.24, 2.45) is 0 Å². The van der Waals surface area contributed by atoms with Crippen LogP contribution < -0.4 is 0 Å². The van der Waals surface area contributed by atoms with Gasteiger partial charge in [0.15, 0.2) is 0 Å². The van der Waals surface area contributed by atoms with Crippen LogP contribution >= 0.6 is 0 Å². The van der Waals surface area contributed by atoms with Crippen molar-refractivity contribution in [1.29, 1.82) is 0 Å². The van der Waals surface area contributed by atoms with Crippen molar-refractivity contribution in [3.05, 3.63) is 35.4 Å². The molecule has 1 aromatic rings. The van der Waals surface area contributed by atoms with E-state index in [-0.39, 0.29) is 12.1 Å². The Labute approximate surface area is 116 Å². The molecule has 0 aliphatic heterocycles. The third-order valence-corrected chi connectivity index (χ3v) is 2.78. The minimum atomic E-state index is -0.770. The van der Waals surface area contributed by atoms with Crippen LogP contribution in [0.1, 0.15) is 18.9 Å². The molecule has 0 aliphatic rings. The number of rotatable bonds is 6. The van der Waals surface area contributed by atoms with Crippen molar-refractivity contribution in [2.45, 2.75) is 19.8 Å². The molecule has 0 aliphatic carbocycles. The van der Waals surface area contributed by atoms with E-state index >= 15 is 0 Å². The summed E-state index contributed by atoms with van der Waals surface area (Å²) in [6.45, 7) is 1.94. The maximum absolute atomic E-state index is 13.5. The van der Waals surface area contributed by atoms with Gasteiger partial charge in [-0.2, -0.15) is 0 Å². The summed E-state index contributed by atoms with van der Waals surface area (Å²) in [5, 5.41) is 0. The van der Waals surface area contributed by atoms with E-state index in [1.165, 1.54) is 18.1 Å². The lowest BCUT2D eigenvalue weighted by molar-refractivity contribution is -0.146. The Morgan fingerprint density at radius 2 is 1.85 bits per heavy atom. The number of carbonyl (C=O) groups excluding carboxylic acids is 2. The van der Waals surface area contributed by atoms with Crippen LogP contribution in [-0.2, 0) is 20.7 Å². The van der Waals surface area contributed by atoms with Gasteiger partial charge in [0.1, 0.15) is 18.2 Å². The van der Waals surface area contributed by atoms with E-state index in [9.17, 15) is 18.4 Å². The number of nitrogens with zero attached hydrogens (tertiary/aromatic N) is 1. The average Bonchev–Trinajstić information content (AvgIpc) is 2.42. The van der Waals surface area contributed by atoms with Gasteiger partial charge < -0.3 is 9.64 Å². The standard InChI is InChI=1S/C14H17F2NO3/c1-3-7-17(9-14(19)20-2)13(18)8-10-11(15)5-4-6-12(10)16/h4-6H,3,7-9H2,1-2H3. The van der Waals surface area contributed by atoms with Crippen molar-refractivity contribution < 1.29 is 23.1 Å². The molecular weight excluding hydrogens is 268 g/mol. The molecule has 20 heavy (non-hydrogen) atoms. The molecule has 110 valence electrons. The molecule has 6 heteroatoms. The summed E-state index contributed by atoms with van der Waals surface area (Å²) in [7, 11) is 1.22. The smallest absolute Gasteiger partial charge is 0.325 e. The van der Waals surface area contributed by atoms with E-state index in [1.54, 1.807) is 0 Å². The first-order valence-corrected chi connectivity index (χ1v) is 6.27. The zero-order valence-electron chi connectivity index (χ0n) is 11.5. The second-order valence-corrected chi connectivity index (χ2v) is 4.27. The average molecular weight is 285 g/mol. The Bertz CT molecular complexity index is 471. The van der Waals surface area contributed by atoms with E-state index in [0.29, 0.717) is 13.0 Å². The number of methoxy groups -OCH3 is 1. The molecule has 0 saturated carbocycles. The van der Waals surface area contributed by atoms with Crippen molar-refractivity contribution >= 4 is 11.9 Å². The molecule has 0 fully saturated rings. The van der Waals surface area contributed by atoms with Crippen molar-refractivity contribution in [1.82, 2.24) is 4.90 Å². The van der Waals surface area contributed by atoms with Crippen LogP contribution in [0.4, 0.5) is 8.78 Å². The van der Waals surface area contributed by atoms with Crippen LogP contribution in [0.5, 0.6) is 0 Å². The monoisotopic (exact) mass is 285 g/mol. The molecule has 1 aromatic carbocycles. The summed E-state index contributed by atoms with van der Waals surface area (Å²) in [5.74, 6) is -2.62. The topological polar surface area (TPSA) is 46.6 Å². The quantitative estimate of drug-likeness (QED) is 0.750. The number of amides is 1. The van der Waals surface area contributed by atoms with Gasteiger partial charge in [-0.3, -0.25) is 9.59 Å². The lowest BCUT2D eigenvalue weighted by Gasteiger charge is -2.21. The fourth-order valence-corrected chi connectivity index (χ4v) is 1.75. The number of hydrogen-bond acceptors (Lipinski definition) is 3. The molecule has 1 amide bonds. The molecule has 0 radical (unpaired) electrons. The maximum Gasteiger partial charge on any atom is 0.325 e. The van der Waals surface area contributed by atoms with Gasteiger partial charge in [0, 0.05) is 12.1 Å². The SMILES string of the molecule is CCCN(CC(=O)OC)C(=O)Cc1c(F)cccc1F. The fraction of sp³-hybridized carbons (Fsp3) is 0.429. The number of esters is 1. The van der Waals surface area contributed by atoms with Gasteiger partial charge in [-0.1, -0.05) is 13.0 Å². The Kier molecular flexibility index (Phi) is 6.09. The predicted octanol–water partition coefficient (Wildman–Crippen LogP) is 1.92. The number of halogens is 2. The lowest BCUT2D eigenvalue weighted by Crippen LogP contribution is -2.38. The summed E-state index contributed by atoms with van der Waals surface area (Å²) in [6.07, 6.45) is 0.206. The molecule has 0 N–H and O–H groups in total. The van der Waals surface area contributed by atoms with Gasteiger partial charge >= 0.3 is 5.97 Å². The highest BCUT2D eigenvalue weighted by molar-refractivity contribution is 5.83. The van der Waals surface area contributed by atoms with E-state index in [0.717, 1.165) is 12.1 Å². The summed E-state index contributed by atoms with van der Waals surface area (Å²) in [4.78, 5) is 24.5. The van der Waals surface area contributed by atoms with Crippen LogP contribution in [0, 0.1) is 11.6 Å². The van der Waals surface area contributed by atoms with Gasteiger partial charge in [0.2, 0.25) is 5.91 Å². The van der Waals surface area contributed by atoms with Crippen molar-refractivity contribution in [3.63, 3.8) is 0 Å². The van der Waals surface area contributed by atoms with Crippen LogP contribution in [0.3, 0.4) is 0 Å². The van der Waals surface area contributed by atoms with E-state index in [1.807, 2.05) is 6.92 Å². The highest BCUT2D eigenvalue weighted by Crippen LogP contribution is 2.14. The molecule has 0 spiro atoms. The number of hydrogen-bond donors (Lipinski definition) is 0.